The van der Waals surface area contributed by atoms with Gasteiger partial charge in [0, 0.05) is 24.2 Å². The number of benzene rings is 2. The SMILES string of the molecule is O=C(c1ccc2c(=O)[nH]c(-c3ccccc3)nc2c1)N1CCCCC1. The van der Waals surface area contributed by atoms with Crippen LogP contribution in [0.5, 0.6) is 0 Å². The smallest absolute Gasteiger partial charge is 0.259 e. The predicted molar refractivity (Wildman–Crippen MR) is 97.6 cm³/mol. The molecule has 0 unspecified atom stereocenters. The second kappa shape index (κ2) is 6.51. The molecule has 1 aliphatic heterocycles. The molecule has 1 saturated heterocycles. The molecule has 1 fully saturated rings. The number of H-pyrrole nitrogens is 1. The molecule has 126 valence electrons. The number of nitrogens with one attached hydrogen (secondary N) is 1. The Bertz CT molecular complexity index is 973. The lowest BCUT2D eigenvalue weighted by atomic mass is 10.1. The molecule has 4 rings (SSSR count). The zero-order chi connectivity index (χ0) is 17.2. The third-order valence-corrected chi connectivity index (χ3v) is 4.64. The highest BCUT2D eigenvalue weighted by atomic mass is 16.2. The molecule has 0 spiro atoms. The molecule has 0 radical (unpaired) electrons. The normalized spacial score (nSPS) is 14.6. The molecule has 0 atom stereocenters. The molecule has 2 heterocycles. The minimum Gasteiger partial charge on any atom is -0.339 e. The van der Waals surface area contributed by atoms with Gasteiger partial charge in [-0.1, -0.05) is 30.3 Å². The third kappa shape index (κ3) is 3.05. The maximum absolute atomic E-state index is 12.7. The van der Waals surface area contributed by atoms with Crippen LogP contribution in [0.25, 0.3) is 22.3 Å². The molecule has 1 amide bonds. The number of aromatic nitrogens is 2. The molecule has 0 bridgehead atoms. The Kier molecular flexibility index (Phi) is 4.06. The second-order valence-electron chi connectivity index (χ2n) is 6.37. The van der Waals surface area contributed by atoms with Gasteiger partial charge in [0.05, 0.1) is 10.9 Å². The highest BCUT2D eigenvalue weighted by Crippen LogP contribution is 2.19. The van der Waals surface area contributed by atoms with Crippen LogP contribution in [0.2, 0.25) is 0 Å². The van der Waals surface area contributed by atoms with Crippen LogP contribution in [-0.2, 0) is 0 Å². The van der Waals surface area contributed by atoms with E-state index in [-0.39, 0.29) is 11.5 Å². The van der Waals surface area contributed by atoms with E-state index in [2.05, 4.69) is 9.97 Å². The van der Waals surface area contributed by atoms with Crippen molar-refractivity contribution in [3.05, 3.63) is 64.4 Å². The average Bonchev–Trinajstić information content (AvgIpc) is 2.68. The average molecular weight is 333 g/mol. The monoisotopic (exact) mass is 333 g/mol. The summed E-state index contributed by atoms with van der Waals surface area (Å²) in [5.41, 5.74) is 1.78. The summed E-state index contributed by atoms with van der Waals surface area (Å²) >= 11 is 0. The number of aromatic amines is 1. The van der Waals surface area contributed by atoms with Crippen LogP contribution in [0.1, 0.15) is 29.6 Å². The molecule has 3 aromatic rings. The molecular weight excluding hydrogens is 314 g/mol. The number of carbonyl (C=O) groups is 1. The van der Waals surface area contributed by atoms with Crippen LogP contribution in [0.4, 0.5) is 0 Å². The van der Waals surface area contributed by atoms with E-state index in [1.165, 1.54) is 6.42 Å². The fraction of sp³-hybridized carbons (Fsp3) is 0.250. The van der Waals surface area contributed by atoms with E-state index in [0.29, 0.717) is 22.3 Å². The van der Waals surface area contributed by atoms with E-state index in [9.17, 15) is 9.59 Å². The number of hydrogen-bond acceptors (Lipinski definition) is 3. The summed E-state index contributed by atoms with van der Waals surface area (Å²) < 4.78 is 0. The predicted octanol–water partition coefficient (Wildman–Crippen LogP) is 3.22. The Hall–Kier alpha value is -2.95. The molecule has 25 heavy (non-hydrogen) atoms. The fourth-order valence-corrected chi connectivity index (χ4v) is 3.28. The minimum atomic E-state index is -0.194. The quantitative estimate of drug-likeness (QED) is 0.783. The van der Waals surface area contributed by atoms with Crippen molar-refractivity contribution in [2.45, 2.75) is 19.3 Å². The first-order valence-corrected chi connectivity index (χ1v) is 8.61. The van der Waals surface area contributed by atoms with Crippen molar-refractivity contribution in [3.63, 3.8) is 0 Å². The number of hydrogen-bond donors (Lipinski definition) is 1. The van der Waals surface area contributed by atoms with E-state index in [4.69, 9.17) is 0 Å². The van der Waals surface area contributed by atoms with Crippen molar-refractivity contribution in [1.82, 2.24) is 14.9 Å². The van der Waals surface area contributed by atoms with Crippen LogP contribution in [0, 0.1) is 0 Å². The van der Waals surface area contributed by atoms with E-state index < -0.39 is 0 Å². The highest BCUT2D eigenvalue weighted by molar-refractivity contribution is 5.97. The van der Waals surface area contributed by atoms with Gasteiger partial charge >= 0.3 is 0 Å². The number of rotatable bonds is 2. The van der Waals surface area contributed by atoms with Gasteiger partial charge in [0.2, 0.25) is 0 Å². The largest absolute Gasteiger partial charge is 0.339 e. The maximum atomic E-state index is 12.7. The lowest BCUT2D eigenvalue weighted by molar-refractivity contribution is 0.0724. The molecule has 1 aromatic heterocycles. The first-order chi connectivity index (χ1) is 12.2. The van der Waals surface area contributed by atoms with Crippen LogP contribution < -0.4 is 5.56 Å². The van der Waals surface area contributed by atoms with Crippen LogP contribution in [-0.4, -0.2) is 33.9 Å². The Labute approximate surface area is 145 Å². The number of carbonyl (C=O) groups excluding carboxylic acids is 1. The number of piperidine rings is 1. The summed E-state index contributed by atoms with van der Waals surface area (Å²) in [6, 6.07) is 14.6. The number of likely N-dealkylation sites (tertiary alicyclic amines) is 1. The molecular formula is C20H19N3O2. The summed E-state index contributed by atoms with van der Waals surface area (Å²) in [5, 5.41) is 0.495. The molecule has 0 saturated carbocycles. The summed E-state index contributed by atoms with van der Waals surface area (Å²) in [5.74, 6) is 0.533. The van der Waals surface area contributed by atoms with E-state index >= 15 is 0 Å². The van der Waals surface area contributed by atoms with E-state index in [1.807, 2.05) is 35.2 Å². The van der Waals surface area contributed by atoms with Crippen LogP contribution in [0.3, 0.4) is 0 Å². The van der Waals surface area contributed by atoms with Crippen molar-refractivity contribution >= 4 is 16.8 Å². The topological polar surface area (TPSA) is 66.1 Å². The maximum Gasteiger partial charge on any atom is 0.259 e. The van der Waals surface area contributed by atoms with Crippen molar-refractivity contribution in [3.8, 4) is 11.4 Å². The number of nitrogens with zero attached hydrogens (tertiary/aromatic N) is 2. The Morgan fingerprint density at radius 2 is 1.76 bits per heavy atom. The second-order valence-corrected chi connectivity index (χ2v) is 6.37. The molecule has 0 aliphatic carbocycles. The zero-order valence-electron chi connectivity index (χ0n) is 13.9. The zero-order valence-corrected chi connectivity index (χ0v) is 13.9. The molecule has 2 aromatic carbocycles. The summed E-state index contributed by atoms with van der Waals surface area (Å²) in [6.07, 6.45) is 3.28. The van der Waals surface area contributed by atoms with Crippen molar-refractivity contribution in [2.24, 2.45) is 0 Å². The number of amides is 1. The van der Waals surface area contributed by atoms with Crippen molar-refractivity contribution < 1.29 is 4.79 Å². The minimum absolute atomic E-state index is 0.0185. The van der Waals surface area contributed by atoms with Crippen molar-refractivity contribution in [2.75, 3.05) is 13.1 Å². The Morgan fingerprint density at radius 1 is 1.00 bits per heavy atom. The van der Waals surface area contributed by atoms with Gasteiger partial charge < -0.3 is 9.88 Å². The van der Waals surface area contributed by atoms with Gasteiger partial charge in [-0.15, -0.1) is 0 Å². The fourth-order valence-electron chi connectivity index (χ4n) is 3.28. The van der Waals surface area contributed by atoms with E-state index in [1.54, 1.807) is 18.2 Å². The van der Waals surface area contributed by atoms with Crippen LogP contribution in [0.15, 0.2) is 53.3 Å². The molecule has 1 aliphatic rings. The lowest BCUT2D eigenvalue weighted by Gasteiger charge is -2.26. The number of fused-ring (bicyclic) bond motifs is 1. The van der Waals surface area contributed by atoms with Gasteiger partial charge in [-0.25, -0.2) is 4.98 Å². The van der Waals surface area contributed by atoms with Gasteiger partial charge in [0.1, 0.15) is 5.82 Å². The third-order valence-electron chi connectivity index (χ3n) is 4.64. The van der Waals surface area contributed by atoms with Gasteiger partial charge in [-0.3, -0.25) is 9.59 Å². The summed E-state index contributed by atoms with van der Waals surface area (Å²) in [7, 11) is 0. The molecule has 1 N–H and O–H groups in total. The van der Waals surface area contributed by atoms with Crippen molar-refractivity contribution in [1.29, 1.82) is 0 Å². The lowest BCUT2D eigenvalue weighted by Crippen LogP contribution is -2.35. The molecule has 5 heteroatoms. The first-order valence-electron chi connectivity index (χ1n) is 8.61. The summed E-state index contributed by atoms with van der Waals surface area (Å²) in [6.45, 7) is 1.60. The molecule has 5 nitrogen and oxygen atoms in total. The van der Waals surface area contributed by atoms with E-state index in [0.717, 1.165) is 31.5 Å². The Balaban J connectivity index is 1.76. The van der Waals surface area contributed by atoms with Gasteiger partial charge in [0.25, 0.3) is 11.5 Å². The first kappa shape index (κ1) is 15.6. The standard InChI is InChI=1S/C20H19N3O2/c24-19-16-10-9-15(20(25)23-11-5-2-6-12-23)13-17(16)21-18(22-19)14-7-3-1-4-8-14/h1,3-4,7-10,13H,2,5-6,11-12H2,(H,21,22,24). The van der Waals surface area contributed by atoms with Gasteiger partial charge in [-0.05, 0) is 37.5 Å². The Morgan fingerprint density at radius 3 is 2.52 bits per heavy atom. The van der Waals surface area contributed by atoms with Gasteiger partial charge in [-0.2, -0.15) is 0 Å². The van der Waals surface area contributed by atoms with Crippen LogP contribution >= 0.6 is 0 Å². The van der Waals surface area contributed by atoms with Gasteiger partial charge in [0.15, 0.2) is 0 Å². The highest BCUT2D eigenvalue weighted by Gasteiger charge is 2.19. The summed E-state index contributed by atoms with van der Waals surface area (Å²) in [4.78, 5) is 34.3.